The van der Waals surface area contributed by atoms with Crippen LogP contribution in [0.25, 0.3) is 5.57 Å². The molecule has 1 heterocycles. The van der Waals surface area contributed by atoms with Gasteiger partial charge in [0.05, 0.1) is 6.04 Å². The number of rotatable bonds is 5. The predicted molar refractivity (Wildman–Crippen MR) is 108 cm³/mol. The molecule has 1 atom stereocenters. The van der Waals surface area contributed by atoms with Crippen LogP contribution in [-0.2, 0) is 6.42 Å². The van der Waals surface area contributed by atoms with Crippen molar-refractivity contribution in [1.82, 2.24) is 5.32 Å². The van der Waals surface area contributed by atoms with Crippen LogP contribution in [0.15, 0.2) is 66.4 Å². The summed E-state index contributed by atoms with van der Waals surface area (Å²) in [6.45, 7) is 4.17. The molecule has 3 rings (SSSR count). The van der Waals surface area contributed by atoms with E-state index >= 15 is 0 Å². The van der Waals surface area contributed by atoms with Crippen LogP contribution < -0.4 is 10.2 Å². The van der Waals surface area contributed by atoms with Crippen molar-refractivity contribution in [3.05, 3.63) is 77.6 Å². The first-order valence-electron chi connectivity index (χ1n) is 8.97. The van der Waals surface area contributed by atoms with E-state index in [1.807, 2.05) is 49.4 Å². The highest BCUT2D eigenvalue weighted by atomic mass is 16.3. The van der Waals surface area contributed by atoms with E-state index in [1.54, 1.807) is 30.0 Å². The molecule has 1 aliphatic rings. The summed E-state index contributed by atoms with van der Waals surface area (Å²) in [4.78, 5) is 14.0. The number of benzene rings is 2. The molecule has 0 aliphatic carbocycles. The number of hydrogen-bond acceptors (Lipinski definition) is 3. The minimum absolute atomic E-state index is 0.0691. The lowest BCUT2D eigenvalue weighted by molar-refractivity contribution is 0.251. The largest absolute Gasteiger partial charge is 0.508 e. The first-order chi connectivity index (χ1) is 13.0. The smallest absolute Gasteiger partial charge is 0.322 e. The first kappa shape index (κ1) is 18.6. The van der Waals surface area contributed by atoms with Crippen molar-refractivity contribution in [2.24, 2.45) is 0 Å². The Bertz CT molecular complexity index is 888. The number of hydrogen-bond donors (Lipinski definition) is 3. The number of carbonyl (C=O) groups is 1. The van der Waals surface area contributed by atoms with E-state index in [2.05, 4.69) is 5.32 Å². The normalized spacial score (nSPS) is 17.9. The van der Waals surface area contributed by atoms with Crippen molar-refractivity contribution in [3.8, 4) is 5.75 Å². The van der Waals surface area contributed by atoms with Crippen molar-refractivity contribution in [1.29, 1.82) is 0 Å². The van der Waals surface area contributed by atoms with Crippen LogP contribution in [0.2, 0.25) is 0 Å². The van der Waals surface area contributed by atoms with Crippen LogP contribution in [0, 0.1) is 0 Å². The zero-order chi connectivity index (χ0) is 19.4. The number of amides is 2. The molecule has 0 bridgehead atoms. The van der Waals surface area contributed by atoms with Crippen molar-refractivity contribution >= 4 is 17.3 Å². The van der Waals surface area contributed by atoms with Crippen LogP contribution in [0.1, 0.15) is 25.0 Å². The van der Waals surface area contributed by atoms with Gasteiger partial charge >= 0.3 is 6.03 Å². The summed E-state index contributed by atoms with van der Waals surface area (Å²) in [5.41, 5.74) is 3.32. The van der Waals surface area contributed by atoms with Crippen LogP contribution >= 0.6 is 0 Å². The number of aliphatic hydroxyl groups is 1. The maximum absolute atomic E-state index is 12.3. The number of nitrogens with one attached hydrogen (secondary N) is 1. The maximum Gasteiger partial charge on any atom is 0.322 e. The molecular formula is C22H24N2O3. The summed E-state index contributed by atoms with van der Waals surface area (Å²) in [6.07, 6.45) is 3.81. The second kappa shape index (κ2) is 7.99. The lowest BCUT2D eigenvalue weighted by atomic mass is 9.99. The quantitative estimate of drug-likeness (QED) is 0.544. The molecular weight excluding hydrogens is 340 g/mol. The Hall–Kier alpha value is -3.21. The zero-order valence-electron chi connectivity index (χ0n) is 15.5. The number of para-hydroxylation sites is 1. The van der Waals surface area contributed by atoms with Crippen LogP contribution in [0.3, 0.4) is 0 Å². The molecule has 1 saturated heterocycles. The van der Waals surface area contributed by atoms with Gasteiger partial charge in [-0.25, -0.2) is 4.79 Å². The van der Waals surface area contributed by atoms with Gasteiger partial charge < -0.3 is 15.5 Å². The van der Waals surface area contributed by atoms with Gasteiger partial charge in [0.2, 0.25) is 0 Å². The highest BCUT2D eigenvalue weighted by Gasteiger charge is 2.32. The Balaban J connectivity index is 1.81. The molecule has 5 heteroatoms. The molecule has 1 aliphatic heterocycles. The summed E-state index contributed by atoms with van der Waals surface area (Å²) in [5, 5.41) is 23.0. The molecule has 2 aromatic rings. The lowest BCUT2D eigenvalue weighted by Crippen LogP contribution is -2.35. The number of carbonyl (C=O) groups excluding carboxylic acids is 1. The lowest BCUT2D eigenvalue weighted by Gasteiger charge is -2.23. The molecule has 5 nitrogen and oxygen atoms in total. The molecule has 3 N–H and O–H groups in total. The standard InChI is InChI=1S/C22H24N2O3/c1-3-20(25)11-15(2)16-9-10-17(21(26)13-16)12-19-14-23-22(27)24(19)18-7-5-4-6-8-18/h3-11,13,19,25-26H,12,14H2,1-2H3,(H,23,27)/b15-11+,20-3+. The Morgan fingerprint density at radius 1 is 1.26 bits per heavy atom. The minimum Gasteiger partial charge on any atom is -0.508 e. The number of nitrogens with zero attached hydrogens (tertiary/aromatic N) is 1. The van der Waals surface area contributed by atoms with E-state index in [0.717, 1.165) is 22.4 Å². The summed E-state index contributed by atoms with van der Waals surface area (Å²) >= 11 is 0. The highest BCUT2D eigenvalue weighted by Crippen LogP contribution is 2.28. The van der Waals surface area contributed by atoms with Crippen LogP contribution in [0.5, 0.6) is 5.75 Å². The molecule has 1 unspecified atom stereocenters. The second-order valence-corrected chi connectivity index (χ2v) is 6.63. The molecule has 2 amide bonds. The average Bonchev–Trinajstić information content (AvgIpc) is 3.04. The summed E-state index contributed by atoms with van der Waals surface area (Å²) < 4.78 is 0. The van der Waals surface area contributed by atoms with Gasteiger partial charge in [-0.15, -0.1) is 0 Å². The summed E-state index contributed by atoms with van der Waals surface area (Å²) in [5.74, 6) is 0.373. The van der Waals surface area contributed by atoms with Gasteiger partial charge in [0.1, 0.15) is 11.5 Å². The number of allylic oxidation sites excluding steroid dienone is 3. The number of anilines is 1. The van der Waals surface area contributed by atoms with Gasteiger partial charge in [0.15, 0.2) is 0 Å². The zero-order valence-corrected chi connectivity index (χ0v) is 15.5. The Morgan fingerprint density at radius 3 is 2.67 bits per heavy atom. The SMILES string of the molecule is C/C=C(O)\C=C(/C)c1ccc(CC2CNC(=O)N2c2ccccc2)c(O)c1. The molecule has 1 fully saturated rings. The van der Waals surface area contributed by atoms with Gasteiger partial charge in [0.25, 0.3) is 0 Å². The monoisotopic (exact) mass is 364 g/mol. The number of phenolic OH excluding ortho intramolecular Hbond substituents is 1. The molecule has 2 aromatic carbocycles. The fourth-order valence-electron chi connectivity index (χ4n) is 3.25. The third-order valence-corrected chi connectivity index (χ3v) is 4.76. The van der Waals surface area contributed by atoms with Crippen LogP contribution in [0.4, 0.5) is 10.5 Å². The van der Waals surface area contributed by atoms with Gasteiger partial charge in [-0.2, -0.15) is 0 Å². The van der Waals surface area contributed by atoms with E-state index < -0.39 is 0 Å². The van der Waals surface area contributed by atoms with Gasteiger partial charge in [-0.3, -0.25) is 4.90 Å². The molecule has 0 spiro atoms. The number of phenols is 1. The Kier molecular flexibility index (Phi) is 5.50. The fraction of sp³-hybridized carbons (Fsp3) is 0.227. The molecule has 0 saturated carbocycles. The third-order valence-electron chi connectivity index (χ3n) is 4.76. The topological polar surface area (TPSA) is 72.8 Å². The average molecular weight is 364 g/mol. The molecule has 27 heavy (non-hydrogen) atoms. The van der Waals surface area contributed by atoms with E-state index in [4.69, 9.17) is 0 Å². The number of aromatic hydroxyl groups is 1. The predicted octanol–water partition coefficient (Wildman–Crippen LogP) is 4.40. The van der Waals surface area contributed by atoms with Gasteiger partial charge in [0, 0.05) is 12.2 Å². The minimum atomic E-state index is -0.122. The summed E-state index contributed by atoms with van der Waals surface area (Å²) in [6, 6.07) is 14.8. The summed E-state index contributed by atoms with van der Waals surface area (Å²) in [7, 11) is 0. The number of aliphatic hydroxyl groups excluding tert-OH is 1. The van der Waals surface area contributed by atoms with E-state index in [9.17, 15) is 15.0 Å². The van der Waals surface area contributed by atoms with Gasteiger partial charge in [-0.1, -0.05) is 30.3 Å². The Morgan fingerprint density at radius 2 is 2.00 bits per heavy atom. The maximum atomic E-state index is 12.3. The number of urea groups is 1. The van der Waals surface area contributed by atoms with E-state index in [0.29, 0.717) is 13.0 Å². The second-order valence-electron chi connectivity index (χ2n) is 6.63. The fourth-order valence-corrected chi connectivity index (χ4v) is 3.25. The van der Waals surface area contributed by atoms with Gasteiger partial charge in [-0.05, 0) is 67.3 Å². The molecule has 0 aromatic heterocycles. The van der Waals surface area contributed by atoms with E-state index in [1.165, 1.54) is 0 Å². The van der Waals surface area contributed by atoms with E-state index in [-0.39, 0.29) is 23.6 Å². The molecule has 0 radical (unpaired) electrons. The first-order valence-corrected chi connectivity index (χ1v) is 8.97. The van der Waals surface area contributed by atoms with Crippen molar-refractivity contribution < 1.29 is 15.0 Å². The highest BCUT2D eigenvalue weighted by molar-refractivity contribution is 5.95. The van der Waals surface area contributed by atoms with Crippen LogP contribution in [-0.4, -0.2) is 28.8 Å². The molecule has 140 valence electrons. The van der Waals surface area contributed by atoms with Crippen molar-refractivity contribution in [3.63, 3.8) is 0 Å². The Labute approximate surface area is 159 Å². The van der Waals surface area contributed by atoms with Crippen molar-refractivity contribution in [2.45, 2.75) is 26.3 Å². The van der Waals surface area contributed by atoms with Crippen molar-refractivity contribution in [2.75, 3.05) is 11.4 Å². The third kappa shape index (κ3) is 4.14.